The van der Waals surface area contributed by atoms with Crippen LogP contribution in [0.5, 0.6) is 0 Å². The van der Waals surface area contributed by atoms with E-state index in [-0.39, 0.29) is 5.41 Å². The minimum atomic E-state index is 0.132. The zero-order valence-electron chi connectivity index (χ0n) is 11.7. The van der Waals surface area contributed by atoms with E-state index >= 15 is 0 Å². The number of hydrogen-bond donors (Lipinski definition) is 1. The number of rotatable bonds is 6. The van der Waals surface area contributed by atoms with Crippen LogP contribution in [0, 0.1) is 5.41 Å². The smallest absolute Gasteiger partial charge is 0.0615 e. The molecule has 0 aromatic carbocycles. The van der Waals surface area contributed by atoms with Gasteiger partial charge in [-0.15, -0.1) is 0 Å². The Morgan fingerprint density at radius 1 is 1.24 bits per heavy atom. The molecule has 0 aromatic rings. The zero-order valence-corrected chi connectivity index (χ0v) is 11.7. The van der Waals surface area contributed by atoms with Crippen molar-refractivity contribution in [2.45, 2.75) is 51.5 Å². The highest BCUT2D eigenvalue weighted by molar-refractivity contribution is 4.84. The number of hydrogen-bond acceptors (Lipinski definition) is 3. The molecule has 0 saturated heterocycles. The second-order valence-corrected chi connectivity index (χ2v) is 5.79. The zero-order chi connectivity index (χ0) is 12.7. The predicted molar refractivity (Wildman–Crippen MR) is 71.2 cm³/mol. The van der Waals surface area contributed by atoms with Gasteiger partial charge in [-0.05, 0) is 26.8 Å². The van der Waals surface area contributed by atoms with Crippen LogP contribution >= 0.6 is 0 Å². The Bertz CT molecular complexity index is 200. The van der Waals surface area contributed by atoms with Crippen LogP contribution in [0.1, 0.15) is 45.4 Å². The third-order valence-electron chi connectivity index (χ3n) is 4.24. The van der Waals surface area contributed by atoms with E-state index in [4.69, 9.17) is 4.74 Å². The second-order valence-electron chi connectivity index (χ2n) is 5.79. The van der Waals surface area contributed by atoms with E-state index in [0.717, 1.165) is 13.2 Å². The highest BCUT2D eigenvalue weighted by atomic mass is 16.5. The van der Waals surface area contributed by atoms with Crippen molar-refractivity contribution in [3.8, 4) is 0 Å². The van der Waals surface area contributed by atoms with Crippen LogP contribution in [0.2, 0.25) is 0 Å². The third-order valence-corrected chi connectivity index (χ3v) is 4.24. The van der Waals surface area contributed by atoms with Gasteiger partial charge in [0.1, 0.15) is 0 Å². The van der Waals surface area contributed by atoms with Crippen LogP contribution in [0.15, 0.2) is 0 Å². The Labute approximate surface area is 106 Å². The fourth-order valence-corrected chi connectivity index (χ4v) is 2.90. The molecule has 1 N–H and O–H groups in total. The lowest BCUT2D eigenvalue weighted by Crippen LogP contribution is -2.43. The average molecular weight is 243 g/mol. The van der Waals surface area contributed by atoms with Crippen molar-refractivity contribution in [2.75, 3.05) is 33.9 Å². The van der Waals surface area contributed by atoms with Gasteiger partial charge in [0.25, 0.3) is 0 Å². The molecule has 1 aliphatic rings. The molecule has 0 aromatic heterocycles. The van der Waals surface area contributed by atoms with Crippen LogP contribution < -0.4 is 0 Å². The molecule has 1 fully saturated rings. The summed E-state index contributed by atoms with van der Waals surface area (Å²) in [6.45, 7) is 4.27. The van der Waals surface area contributed by atoms with Gasteiger partial charge in [0, 0.05) is 31.7 Å². The lowest BCUT2D eigenvalue weighted by molar-refractivity contribution is 0.0370. The first-order valence-corrected chi connectivity index (χ1v) is 6.93. The van der Waals surface area contributed by atoms with Crippen molar-refractivity contribution in [1.29, 1.82) is 0 Å². The van der Waals surface area contributed by atoms with Crippen LogP contribution in [-0.2, 0) is 4.74 Å². The molecule has 0 radical (unpaired) electrons. The van der Waals surface area contributed by atoms with E-state index in [2.05, 4.69) is 18.9 Å². The molecule has 0 bridgehead atoms. The van der Waals surface area contributed by atoms with E-state index in [1.807, 2.05) is 0 Å². The molecule has 3 nitrogen and oxygen atoms in total. The van der Waals surface area contributed by atoms with Crippen molar-refractivity contribution in [3.63, 3.8) is 0 Å². The molecule has 3 heteroatoms. The Kier molecular flexibility index (Phi) is 6.45. The van der Waals surface area contributed by atoms with Crippen LogP contribution in [0.25, 0.3) is 0 Å². The van der Waals surface area contributed by atoms with Gasteiger partial charge < -0.3 is 14.7 Å². The lowest BCUT2D eigenvalue weighted by Gasteiger charge is -2.37. The van der Waals surface area contributed by atoms with Gasteiger partial charge in [-0.2, -0.15) is 0 Å². The quantitative estimate of drug-likeness (QED) is 0.727. The number of aliphatic hydroxyl groups is 1. The molecule has 1 saturated carbocycles. The maximum atomic E-state index is 9.77. The summed E-state index contributed by atoms with van der Waals surface area (Å²) in [5.74, 6) is 0. The highest BCUT2D eigenvalue weighted by Gasteiger charge is 2.32. The van der Waals surface area contributed by atoms with Crippen molar-refractivity contribution < 1.29 is 9.84 Å². The molecule has 1 atom stereocenters. The fraction of sp³-hybridized carbons (Fsp3) is 1.00. The fourth-order valence-electron chi connectivity index (χ4n) is 2.90. The minimum Gasteiger partial charge on any atom is -0.396 e. The average Bonchev–Trinajstić information content (AvgIpc) is 2.55. The highest BCUT2D eigenvalue weighted by Crippen LogP contribution is 2.35. The Hall–Kier alpha value is -0.120. The first kappa shape index (κ1) is 14.9. The molecule has 0 amide bonds. The molecular weight excluding hydrogens is 214 g/mol. The van der Waals surface area contributed by atoms with Crippen LogP contribution in [-0.4, -0.2) is 50.0 Å². The maximum Gasteiger partial charge on any atom is 0.0615 e. The first-order valence-electron chi connectivity index (χ1n) is 6.93. The van der Waals surface area contributed by atoms with E-state index < -0.39 is 0 Å². The summed E-state index contributed by atoms with van der Waals surface area (Å²) >= 11 is 0. The Morgan fingerprint density at radius 3 is 2.29 bits per heavy atom. The van der Waals surface area contributed by atoms with Gasteiger partial charge in [0.05, 0.1) is 6.61 Å². The number of aliphatic hydroxyl groups excluding tert-OH is 1. The summed E-state index contributed by atoms with van der Waals surface area (Å²) in [7, 11) is 3.89. The molecule has 1 aliphatic carbocycles. The van der Waals surface area contributed by atoms with Crippen molar-refractivity contribution >= 4 is 0 Å². The molecule has 0 heterocycles. The number of nitrogens with zero attached hydrogens (tertiary/aromatic N) is 1. The molecule has 1 unspecified atom stereocenters. The maximum absolute atomic E-state index is 9.77. The minimum absolute atomic E-state index is 0.132. The first-order chi connectivity index (χ1) is 8.13. The molecule has 1 rings (SSSR count). The topological polar surface area (TPSA) is 32.7 Å². The number of ether oxygens (including phenoxy) is 1. The van der Waals surface area contributed by atoms with Crippen molar-refractivity contribution in [3.05, 3.63) is 0 Å². The summed E-state index contributed by atoms with van der Waals surface area (Å²) in [6.07, 6.45) is 7.55. The van der Waals surface area contributed by atoms with Crippen molar-refractivity contribution in [1.82, 2.24) is 4.90 Å². The van der Waals surface area contributed by atoms with Gasteiger partial charge in [-0.25, -0.2) is 0 Å². The predicted octanol–water partition coefficient (Wildman–Crippen LogP) is 2.29. The standard InChI is InChI=1S/C14H29NO2/c1-13(10-17-3)15(2)11-14(12-16)8-6-4-5-7-9-14/h13,16H,4-12H2,1-3H3. The van der Waals surface area contributed by atoms with Crippen LogP contribution in [0.4, 0.5) is 0 Å². The Morgan fingerprint density at radius 2 is 1.82 bits per heavy atom. The SMILES string of the molecule is COCC(C)N(C)CC1(CO)CCCCCC1. The van der Waals surface area contributed by atoms with Crippen molar-refractivity contribution in [2.24, 2.45) is 5.41 Å². The summed E-state index contributed by atoms with van der Waals surface area (Å²) in [5.41, 5.74) is 0.132. The van der Waals surface area contributed by atoms with Gasteiger partial charge in [-0.3, -0.25) is 0 Å². The summed E-state index contributed by atoms with van der Waals surface area (Å²) in [6, 6.07) is 0.423. The number of methoxy groups -OCH3 is 1. The van der Waals surface area contributed by atoms with E-state index in [1.54, 1.807) is 7.11 Å². The summed E-state index contributed by atoms with van der Waals surface area (Å²) < 4.78 is 5.20. The lowest BCUT2D eigenvalue weighted by atomic mass is 9.80. The van der Waals surface area contributed by atoms with E-state index in [0.29, 0.717) is 12.6 Å². The van der Waals surface area contributed by atoms with Crippen LogP contribution in [0.3, 0.4) is 0 Å². The third kappa shape index (κ3) is 4.57. The molecule has 102 valence electrons. The molecule has 17 heavy (non-hydrogen) atoms. The Balaban J connectivity index is 2.54. The van der Waals surface area contributed by atoms with Gasteiger partial charge in [-0.1, -0.05) is 25.7 Å². The normalized spacial score (nSPS) is 22.4. The van der Waals surface area contributed by atoms with Gasteiger partial charge in [0.2, 0.25) is 0 Å². The van der Waals surface area contributed by atoms with Gasteiger partial charge >= 0.3 is 0 Å². The van der Waals surface area contributed by atoms with Gasteiger partial charge in [0.15, 0.2) is 0 Å². The van der Waals surface area contributed by atoms with E-state index in [1.165, 1.54) is 38.5 Å². The summed E-state index contributed by atoms with van der Waals surface area (Å²) in [4.78, 5) is 2.34. The van der Waals surface area contributed by atoms with E-state index in [9.17, 15) is 5.11 Å². The largest absolute Gasteiger partial charge is 0.396 e. The molecule has 0 spiro atoms. The second kappa shape index (κ2) is 7.34. The molecule has 0 aliphatic heterocycles. The summed E-state index contributed by atoms with van der Waals surface area (Å²) in [5, 5.41) is 9.77. The monoisotopic (exact) mass is 243 g/mol. The number of likely N-dealkylation sites (N-methyl/N-ethyl adjacent to an activating group) is 1. The molecular formula is C14H29NO2.